The summed E-state index contributed by atoms with van der Waals surface area (Å²) in [5, 5.41) is 4.10. The Morgan fingerprint density at radius 1 is 1.38 bits per heavy atom. The van der Waals surface area contributed by atoms with Crippen molar-refractivity contribution in [3.8, 4) is 0 Å². The molecule has 1 aliphatic rings. The number of aromatic nitrogens is 2. The van der Waals surface area contributed by atoms with Crippen molar-refractivity contribution in [1.29, 1.82) is 0 Å². The smallest absolute Gasteiger partial charge is 0.241 e. The Labute approximate surface area is 124 Å². The number of piperidine rings is 1. The standard InChI is InChI=1S/C16H20N4O/c1-12-5-4-8-20(10-12)15(21)9-17-16-13-6-2-3-7-14(13)18-11-19-16/h2-3,6-7,11-12H,4-5,8-10H2,1H3,(H,17,18,19). The molecule has 2 heterocycles. The molecular formula is C16H20N4O. The molecule has 0 saturated carbocycles. The minimum Gasteiger partial charge on any atom is -0.360 e. The van der Waals surface area contributed by atoms with Crippen LogP contribution in [0.25, 0.3) is 10.9 Å². The highest BCUT2D eigenvalue weighted by Crippen LogP contribution is 2.19. The minimum absolute atomic E-state index is 0.143. The van der Waals surface area contributed by atoms with E-state index in [1.54, 1.807) is 0 Å². The lowest BCUT2D eigenvalue weighted by atomic mass is 10.0. The highest BCUT2D eigenvalue weighted by molar-refractivity contribution is 5.90. The molecule has 1 atom stereocenters. The summed E-state index contributed by atoms with van der Waals surface area (Å²) in [6.07, 6.45) is 3.84. The van der Waals surface area contributed by atoms with Crippen LogP contribution in [0.4, 0.5) is 5.82 Å². The number of fused-ring (bicyclic) bond motifs is 1. The number of amides is 1. The number of carbonyl (C=O) groups is 1. The Balaban J connectivity index is 1.67. The van der Waals surface area contributed by atoms with Crippen molar-refractivity contribution >= 4 is 22.6 Å². The summed E-state index contributed by atoms with van der Waals surface area (Å²) in [6, 6.07) is 7.80. The number of para-hydroxylation sites is 1. The molecule has 1 aromatic heterocycles. The molecule has 1 N–H and O–H groups in total. The maximum atomic E-state index is 12.3. The molecular weight excluding hydrogens is 264 g/mol. The maximum absolute atomic E-state index is 12.3. The zero-order valence-electron chi connectivity index (χ0n) is 12.2. The van der Waals surface area contributed by atoms with Crippen LogP contribution >= 0.6 is 0 Å². The van der Waals surface area contributed by atoms with Gasteiger partial charge >= 0.3 is 0 Å². The van der Waals surface area contributed by atoms with Crippen LogP contribution in [0.2, 0.25) is 0 Å². The van der Waals surface area contributed by atoms with E-state index in [-0.39, 0.29) is 12.5 Å². The summed E-state index contributed by atoms with van der Waals surface area (Å²) in [7, 11) is 0. The number of hydrogen-bond donors (Lipinski definition) is 1. The van der Waals surface area contributed by atoms with E-state index < -0.39 is 0 Å². The van der Waals surface area contributed by atoms with Crippen LogP contribution in [0.1, 0.15) is 19.8 Å². The van der Waals surface area contributed by atoms with E-state index in [0.29, 0.717) is 5.92 Å². The highest BCUT2D eigenvalue weighted by Gasteiger charge is 2.20. The van der Waals surface area contributed by atoms with Crippen LogP contribution in [-0.4, -0.2) is 40.4 Å². The number of hydrogen-bond acceptors (Lipinski definition) is 4. The molecule has 0 bridgehead atoms. The van der Waals surface area contributed by atoms with Crippen molar-refractivity contribution in [2.24, 2.45) is 5.92 Å². The van der Waals surface area contributed by atoms with Gasteiger partial charge in [0.05, 0.1) is 12.1 Å². The van der Waals surface area contributed by atoms with Gasteiger partial charge in [0.15, 0.2) is 0 Å². The van der Waals surface area contributed by atoms with Crippen molar-refractivity contribution in [3.05, 3.63) is 30.6 Å². The van der Waals surface area contributed by atoms with Crippen molar-refractivity contribution in [2.45, 2.75) is 19.8 Å². The molecule has 0 spiro atoms. The number of nitrogens with zero attached hydrogens (tertiary/aromatic N) is 3. The third-order valence-electron chi connectivity index (χ3n) is 3.96. The van der Waals surface area contributed by atoms with Gasteiger partial charge < -0.3 is 10.2 Å². The molecule has 2 aromatic rings. The normalized spacial score (nSPS) is 18.7. The van der Waals surface area contributed by atoms with Gasteiger partial charge in [-0.2, -0.15) is 0 Å². The SMILES string of the molecule is CC1CCCN(C(=O)CNc2ncnc3ccccc23)C1. The van der Waals surface area contributed by atoms with Crippen molar-refractivity contribution < 1.29 is 4.79 Å². The first kappa shape index (κ1) is 13.8. The first-order chi connectivity index (χ1) is 10.2. The van der Waals surface area contributed by atoms with Gasteiger partial charge in [-0.3, -0.25) is 4.79 Å². The van der Waals surface area contributed by atoms with Crippen molar-refractivity contribution in [1.82, 2.24) is 14.9 Å². The maximum Gasteiger partial charge on any atom is 0.241 e. The van der Waals surface area contributed by atoms with Gasteiger partial charge in [0.25, 0.3) is 0 Å². The predicted molar refractivity (Wildman–Crippen MR) is 83.0 cm³/mol. The predicted octanol–water partition coefficient (Wildman–Crippen LogP) is 2.30. The van der Waals surface area contributed by atoms with E-state index in [4.69, 9.17) is 0 Å². The Morgan fingerprint density at radius 3 is 3.10 bits per heavy atom. The fourth-order valence-corrected chi connectivity index (χ4v) is 2.83. The molecule has 5 heteroatoms. The highest BCUT2D eigenvalue weighted by atomic mass is 16.2. The molecule has 21 heavy (non-hydrogen) atoms. The quantitative estimate of drug-likeness (QED) is 0.939. The lowest BCUT2D eigenvalue weighted by Gasteiger charge is -2.31. The summed E-state index contributed by atoms with van der Waals surface area (Å²) in [5.74, 6) is 1.46. The number of carbonyl (C=O) groups excluding carboxylic acids is 1. The number of rotatable bonds is 3. The number of benzene rings is 1. The van der Waals surface area contributed by atoms with Gasteiger partial charge in [-0.15, -0.1) is 0 Å². The fourth-order valence-electron chi connectivity index (χ4n) is 2.83. The second-order valence-electron chi connectivity index (χ2n) is 5.68. The molecule has 5 nitrogen and oxygen atoms in total. The molecule has 1 unspecified atom stereocenters. The van der Waals surface area contributed by atoms with Gasteiger partial charge in [-0.1, -0.05) is 19.1 Å². The second kappa shape index (κ2) is 6.08. The molecule has 1 aliphatic heterocycles. The zero-order chi connectivity index (χ0) is 14.7. The summed E-state index contributed by atoms with van der Waals surface area (Å²) in [4.78, 5) is 22.7. The monoisotopic (exact) mass is 284 g/mol. The van der Waals surface area contributed by atoms with Gasteiger partial charge in [0.2, 0.25) is 5.91 Å². The zero-order valence-corrected chi connectivity index (χ0v) is 12.2. The van der Waals surface area contributed by atoms with Crippen LogP contribution in [0, 0.1) is 5.92 Å². The van der Waals surface area contributed by atoms with Gasteiger partial charge in [0, 0.05) is 18.5 Å². The minimum atomic E-state index is 0.143. The lowest BCUT2D eigenvalue weighted by molar-refractivity contribution is -0.130. The average Bonchev–Trinajstić information content (AvgIpc) is 2.52. The molecule has 1 fully saturated rings. The van der Waals surface area contributed by atoms with Crippen molar-refractivity contribution in [2.75, 3.05) is 25.0 Å². The Kier molecular flexibility index (Phi) is 3.99. The molecule has 3 rings (SSSR count). The summed E-state index contributed by atoms with van der Waals surface area (Å²) in [5.41, 5.74) is 0.883. The molecule has 0 aliphatic carbocycles. The first-order valence-corrected chi connectivity index (χ1v) is 7.45. The largest absolute Gasteiger partial charge is 0.360 e. The topological polar surface area (TPSA) is 58.1 Å². The third-order valence-corrected chi connectivity index (χ3v) is 3.96. The van der Waals surface area contributed by atoms with Crippen molar-refractivity contribution in [3.63, 3.8) is 0 Å². The molecule has 1 saturated heterocycles. The van der Waals surface area contributed by atoms with E-state index in [9.17, 15) is 4.79 Å². The third kappa shape index (κ3) is 3.12. The Hall–Kier alpha value is -2.17. The molecule has 110 valence electrons. The summed E-state index contributed by atoms with van der Waals surface area (Å²) < 4.78 is 0. The summed E-state index contributed by atoms with van der Waals surface area (Å²) in [6.45, 7) is 4.22. The van der Waals surface area contributed by atoms with Crippen LogP contribution in [0.3, 0.4) is 0 Å². The number of likely N-dealkylation sites (tertiary alicyclic amines) is 1. The van der Waals surface area contributed by atoms with Crippen LogP contribution < -0.4 is 5.32 Å². The first-order valence-electron chi connectivity index (χ1n) is 7.45. The second-order valence-corrected chi connectivity index (χ2v) is 5.68. The summed E-state index contributed by atoms with van der Waals surface area (Å²) >= 11 is 0. The fraction of sp³-hybridized carbons (Fsp3) is 0.438. The van der Waals surface area contributed by atoms with Gasteiger partial charge in [-0.05, 0) is 30.9 Å². The number of nitrogens with one attached hydrogen (secondary N) is 1. The Bertz CT molecular complexity index is 638. The van der Waals surface area contributed by atoms with Crippen LogP contribution in [0.5, 0.6) is 0 Å². The van der Waals surface area contributed by atoms with Crippen LogP contribution in [0.15, 0.2) is 30.6 Å². The van der Waals surface area contributed by atoms with Crippen LogP contribution in [-0.2, 0) is 4.79 Å². The van der Waals surface area contributed by atoms with Gasteiger partial charge in [-0.25, -0.2) is 9.97 Å². The molecule has 1 amide bonds. The van der Waals surface area contributed by atoms with E-state index >= 15 is 0 Å². The van der Waals surface area contributed by atoms with E-state index in [2.05, 4.69) is 22.2 Å². The lowest BCUT2D eigenvalue weighted by Crippen LogP contribution is -2.42. The van der Waals surface area contributed by atoms with E-state index in [0.717, 1.165) is 36.2 Å². The Morgan fingerprint density at radius 2 is 2.24 bits per heavy atom. The average molecular weight is 284 g/mol. The van der Waals surface area contributed by atoms with E-state index in [1.807, 2.05) is 29.2 Å². The van der Waals surface area contributed by atoms with Gasteiger partial charge in [0.1, 0.15) is 12.1 Å². The molecule has 0 radical (unpaired) electrons. The van der Waals surface area contributed by atoms with E-state index in [1.165, 1.54) is 12.7 Å². The molecule has 1 aromatic carbocycles. The number of anilines is 1.